The lowest BCUT2D eigenvalue weighted by molar-refractivity contribution is -0.137. The zero-order valence-electron chi connectivity index (χ0n) is 11.5. The fourth-order valence-electron chi connectivity index (χ4n) is 2.05. The third-order valence-electron chi connectivity index (χ3n) is 3.51. The Balaban J connectivity index is 2.41. The predicted octanol–water partition coefficient (Wildman–Crippen LogP) is 4.41. The molecule has 1 unspecified atom stereocenters. The second-order valence-corrected chi connectivity index (χ2v) is 5.11. The molecule has 112 valence electrons. The lowest BCUT2D eigenvalue weighted by Crippen LogP contribution is -2.23. The Morgan fingerprint density at radius 2 is 1.33 bits per heavy atom. The van der Waals surface area contributed by atoms with Gasteiger partial charge in [-0.3, -0.25) is 0 Å². The Kier molecular flexibility index (Phi) is 3.80. The molecule has 0 radical (unpaired) electrons. The summed E-state index contributed by atoms with van der Waals surface area (Å²) in [5, 5.41) is 10.5. The summed E-state index contributed by atoms with van der Waals surface area (Å²) in [5.41, 5.74) is -1.39. The minimum Gasteiger partial charge on any atom is -0.381 e. The monoisotopic (exact) mass is 298 g/mol. The molecule has 1 atom stereocenters. The molecule has 1 nitrogen and oxygen atoms in total. The first-order valence-electron chi connectivity index (χ1n) is 6.29. The number of halogens is 4. The van der Waals surface area contributed by atoms with Gasteiger partial charge in [0.15, 0.2) is 0 Å². The van der Waals surface area contributed by atoms with E-state index in [4.69, 9.17) is 0 Å². The fourth-order valence-corrected chi connectivity index (χ4v) is 2.05. The van der Waals surface area contributed by atoms with Crippen LogP contribution in [0.2, 0.25) is 0 Å². The van der Waals surface area contributed by atoms with Crippen LogP contribution in [0.15, 0.2) is 42.5 Å². The molecule has 0 aliphatic carbocycles. The summed E-state index contributed by atoms with van der Waals surface area (Å²) in [6.07, 6.45) is -4.43. The number of aryl methyl sites for hydroxylation is 1. The van der Waals surface area contributed by atoms with Crippen molar-refractivity contribution in [3.8, 4) is 0 Å². The number of rotatable bonds is 2. The van der Waals surface area contributed by atoms with Crippen molar-refractivity contribution in [2.75, 3.05) is 0 Å². The van der Waals surface area contributed by atoms with E-state index in [1.807, 2.05) is 0 Å². The van der Waals surface area contributed by atoms with E-state index in [2.05, 4.69) is 0 Å². The van der Waals surface area contributed by atoms with Gasteiger partial charge in [0.2, 0.25) is 0 Å². The Morgan fingerprint density at radius 3 is 1.81 bits per heavy atom. The van der Waals surface area contributed by atoms with Crippen molar-refractivity contribution in [1.29, 1.82) is 0 Å². The molecule has 21 heavy (non-hydrogen) atoms. The quantitative estimate of drug-likeness (QED) is 0.814. The maximum atomic E-state index is 13.6. The summed E-state index contributed by atoms with van der Waals surface area (Å²) in [7, 11) is 0. The summed E-state index contributed by atoms with van der Waals surface area (Å²) in [5.74, 6) is -0.473. The normalized spacial score (nSPS) is 14.8. The summed E-state index contributed by atoms with van der Waals surface area (Å²) >= 11 is 0. The van der Waals surface area contributed by atoms with E-state index >= 15 is 0 Å². The minimum atomic E-state index is -4.43. The first-order valence-corrected chi connectivity index (χ1v) is 6.29. The zero-order chi connectivity index (χ0) is 15.8. The van der Waals surface area contributed by atoms with Gasteiger partial charge in [-0.2, -0.15) is 13.2 Å². The molecule has 0 spiro atoms. The average molecular weight is 298 g/mol. The molecule has 2 rings (SSSR count). The molecule has 0 fully saturated rings. The van der Waals surface area contributed by atoms with Gasteiger partial charge in [0.05, 0.1) is 5.56 Å². The van der Waals surface area contributed by atoms with Crippen molar-refractivity contribution in [3.63, 3.8) is 0 Å². The van der Waals surface area contributed by atoms with E-state index in [0.717, 1.165) is 12.1 Å². The average Bonchev–Trinajstić information content (AvgIpc) is 2.41. The van der Waals surface area contributed by atoms with E-state index in [0.29, 0.717) is 5.56 Å². The van der Waals surface area contributed by atoms with Gasteiger partial charge in [-0.1, -0.05) is 24.3 Å². The number of aliphatic hydroxyl groups is 1. The SMILES string of the molecule is Cc1ccc(C(C)(O)c2ccc(C(F)(F)F)cc2)cc1F. The molecule has 5 heteroatoms. The van der Waals surface area contributed by atoms with Crippen LogP contribution < -0.4 is 0 Å². The van der Waals surface area contributed by atoms with E-state index in [-0.39, 0.29) is 11.1 Å². The molecule has 1 N–H and O–H groups in total. The van der Waals surface area contributed by atoms with Gasteiger partial charge in [-0.05, 0) is 48.7 Å². The van der Waals surface area contributed by atoms with Crippen LogP contribution in [0.1, 0.15) is 29.2 Å². The third-order valence-corrected chi connectivity index (χ3v) is 3.51. The van der Waals surface area contributed by atoms with Gasteiger partial charge < -0.3 is 5.11 Å². The molecule has 2 aromatic carbocycles. The lowest BCUT2D eigenvalue weighted by atomic mass is 9.87. The molecule has 0 amide bonds. The summed E-state index contributed by atoms with van der Waals surface area (Å²) in [4.78, 5) is 0. The van der Waals surface area contributed by atoms with Crippen LogP contribution in [0, 0.1) is 12.7 Å². The highest BCUT2D eigenvalue weighted by Crippen LogP contribution is 2.33. The summed E-state index contributed by atoms with van der Waals surface area (Å²) in [6, 6.07) is 8.44. The third kappa shape index (κ3) is 3.08. The maximum absolute atomic E-state index is 13.6. The Hall–Kier alpha value is -1.88. The number of benzene rings is 2. The van der Waals surface area contributed by atoms with Crippen LogP contribution in [0.3, 0.4) is 0 Å². The summed E-state index contributed by atoms with van der Waals surface area (Å²) in [6.45, 7) is 3.01. The van der Waals surface area contributed by atoms with Gasteiger partial charge in [-0.25, -0.2) is 4.39 Å². The molecule has 0 saturated heterocycles. The first kappa shape index (κ1) is 15.5. The van der Waals surface area contributed by atoms with Crippen molar-refractivity contribution in [3.05, 3.63) is 70.5 Å². The van der Waals surface area contributed by atoms with Crippen molar-refractivity contribution < 1.29 is 22.7 Å². The van der Waals surface area contributed by atoms with Gasteiger partial charge in [0, 0.05) is 0 Å². The summed E-state index contributed by atoms with van der Waals surface area (Å²) < 4.78 is 51.2. The van der Waals surface area contributed by atoms with Crippen molar-refractivity contribution in [2.45, 2.75) is 25.6 Å². The molecule has 0 heterocycles. The molecule has 2 aromatic rings. The van der Waals surface area contributed by atoms with E-state index < -0.39 is 23.2 Å². The van der Waals surface area contributed by atoms with Gasteiger partial charge in [-0.15, -0.1) is 0 Å². The molecule has 0 aliphatic rings. The van der Waals surface area contributed by atoms with E-state index in [1.165, 1.54) is 31.2 Å². The highest BCUT2D eigenvalue weighted by atomic mass is 19.4. The number of hydrogen-bond donors (Lipinski definition) is 1. The smallest absolute Gasteiger partial charge is 0.381 e. The molecule has 0 saturated carbocycles. The Bertz CT molecular complexity index is 642. The van der Waals surface area contributed by atoms with Crippen LogP contribution >= 0.6 is 0 Å². The minimum absolute atomic E-state index is 0.263. The van der Waals surface area contributed by atoms with Crippen molar-refractivity contribution >= 4 is 0 Å². The molecule has 0 aromatic heterocycles. The molecule has 0 aliphatic heterocycles. The topological polar surface area (TPSA) is 20.2 Å². The van der Waals surface area contributed by atoms with Crippen LogP contribution in [-0.4, -0.2) is 5.11 Å². The van der Waals surface area contributed by atoms with Gasteiger partial charge >= 0.3 is 6.18 Å². The zero-order valence-corrected chi connectivity index (χ0v) is 11.5. The van der Waals surface area contributed by atoms with Crippen molar-refractivity contribution in [2.24, 2.45) is 0 Å². The van der Waals surface area contributed by atoms with Crippen molar-refractivity contribution in [1.82, 2.24) is 0 Å². The van der Waals surface area contributed by atoms with Crippen LogP contribution in [0.4, 0.5) is 17.6 Å². The van der Waals surface area contributed by atoms with Crippen LogP contribution in [0.25, 0.3) is 0 Å². The fraction of sp³-hybridized carbons (Fsp3) is 0.250. The number of hydrogen-bond acceptors (Lipinski definition) is 1. The van der Waals surface area contributed by atoms with Gasteiger partial charge in [0.25, 0.3) is 0 Å². The van der Waals surface area contributed by atoms with Crippen LogP contribution in [0.5, 0.6) is 0 Å². The number of alkyl halides is 3. The second-order valence-electron chi connectivity index (χ2n) is 5.11. The standard InChI is InChI=1S/C16H14F4O/c1-10-3-4-13(9-14(10)17)15(2,21)11-5-7-12(8-6-11)16(18,19)20/h3-9,21H,1-2H3. The highest BCUT2D eigenvalue weighted by molar-refractivity contribution is 5.38. The maximum Gasteiger partial charge on any atom is 0.416 e. The lowest BCUT2D eigenvalue weighted by Gasteiger charge is -2.25. The predicted molar refractivity (Wildman–Crippen MR) is 71.3 cm³/mol. The molecular formula is C16H14F4O. The largest absolute Gasteiger partial charge is 0.416 e. The van der Waals surface area contributed by atoms with E-state index in [9.17, 15) is 22.7 Å². The van der Waals surface area contributed by atoms with Crippen LogP contribution in [-0.2, 0) is 11.8 Å². The first-order chi connectivity index (χ1) is 9.62. The second kappa shape index (κ2) is 5.15. The van der Waals surface area contributed by atoms with E-state index in [1.54, 1.807) is 13.0 Å². The molecular weight excluding hydrogens is 284 g/mol. The highest BCUT2D eigenvalue weighted by Gasteiger charge is 2.32. The molecule has 0 bridgehead atoms. The van der Waals surface area contributed by atoms with Gasteiger partial charge in [0.1, 0.15) is 11.4 Å². The Labute approximate surface area is 119 Å². The Morgan fingerprint density at radius 1 is 0.857 bits per heavy atom.